The number of unbranched alkanes of at least 4 members (excludes halogenated alkanes) is 2. The van der Waals surface area contributed by atoms with Crippen molar-refractivity contribution in [1.29, 1.82) is 5.26 Å². The second kappa shape index (κ2) is 12.7. The van der Waals surface area contributed by atoms with Crippen LogP contribution in [-0.4, -0.2) is 24.5 Å². The van der Waals surface area contributed by atoms with E-state index in [2.05, 4.69) is 79.2 Å². The number of hydrogen-bond acceptors (Lipinski definition) is 3. The van der Waals surface area contributed by atoms with Crippen molar-refractivity contribution in [3.8, 4) is 6.07 Å². The maximum Gasteiger partial charge on any atom is 0.101 e. The van der Waals surface area contributed by atoms with Crippen molar-refractivity contribution in [3.63, 3.8) is 0 Å². The Bertz CT molecular complexity index is 769. The standard InChI is InChI=1S/C26H35N3/c1-4-6-8-16-28-22(3)25(21-27)19-23-12-14-24(15-13-23)20-26(11-5-2)29-17-9-7-10-18-29/h5,11-15,19-20,28H,3-4,6-10,16-18H2,1-2H3/b11-5-,25-19+,26-20+. The van der Waals surface area contributed by atoms with E-state index in [1.165, 1.54) is 43.4 Å². The fourth-order valence-electron chi connectivity index (χ4n) is 3.49. The minimum Gasteiger partial charge on any atom is -0.384 e. The van der Waals surface area contributed by atoms with Gasteiger partial charge >= 0.3 is 0 Å². The molecular formula is C26H35N3. The monoisotopic (exact) mass is 389 g/mol. The van der Waals surface area contributed by atoms with Crippen molar-refractivity contribution in [2.75, 3.05) is 19.6 Å². The normalized spacial score (nSPS) is 15.4. The van der Waals surface area contributed by atoms with E-state index in [0.29, 0.717) is 11.3 Å². The summed E-state index contributed by atoms with van der Waals surface area (Å²) < 4.78 is 0. The zero-order valence-electron chi connectivity index (χ0n) is 18.1. The van der Waals surface area contributed by atoms with Gasteiger partial charge in [0.05, 0.1) is 5.57 Å². The van der Waals surface area contributed by atoms with E-state index in [9.17, 15) is 5.26 Å². The molecule has 29 heavy (non-hydrogen) atoms. The molecule has 0 unspecified atom stereocenters. The Hall–Kier alpha value is -2.73. The Balaban J connectivity index is 2.08. The Morgan fingerprint density at radius 2 is 1.76 bits per heavy atom. The molecule has 1 aromatic rings. The van der Waals surface area contributed by atoms with E-state index in [1.807, 2.05) is 6.08 Å². The molecule has 154 valence electrons. The highest BCUT2D eigenvalue weighted by molar-refractivity contribution is 5.65. The summed E-state index contributed by atoms with van der Waals surface area (Å²) in [7, 11) is 0. The van der Waals surface area contributed by atoms with Crippen molar-refractivity contribution in [1.82, 2.24) is 10.2 Å². The topological polar surface area (TPSA) is 39.1 Å². The molecule has 0 radical (unpaired) electrons. The number of nitrogens with zero attached hydrogens (tertiary/aromatic N) is 2. The number of nitriles is 1. The van der Waals surface area contributed by atoms with Crippen molar-refractivity contribution < 1.29 is 0 Å². The molecule has 1 saturated heterocycles. The first kappa shape index (κ1) is 22.6. The molecule has 1 aliphatic heterocycles. The van der Waals surface area contributed by atoms with Gasteiger partial charge in [-0.05, 0) is 62.0 Å². The van der Waals surface area contributed by atoms with Gasteiger partial charge in [-0.2, -0.15) is 5.26 Å². The van der Waals surface area contributed by atoms with Crippen LogP contribution in [-0.2, 0) is 0 Å². The average Bonchev–Trinajstić information content (AvgIpc) is 2.76. The Labute approximate surface area is 177 Å². The van der Waals surface area contributed by atoms with E-state index in [0.717, 1.165) is 31.6 Å². The zero-order chi connectivity index (χ0) is 20.9. The van der Waals surface area contributed by atoms with E-state index < -0.39 is 0 Å². The predicted octanol–water partition coefficient (Wildman–Crippen LogP) is 6.29. The van der Waals surface area contributed by atoms with Gasteiger partial charge in [-0.3, -0.25) is 0 Å². The van der Waals surface area contributed by atoms with Gasteiger partial charge in [0, 0.05) is 31.0 Å². The van der Waals surface area contributed by atoms with E-state index >= 15 is 0 Å². The first-order valence-corrected chi connectivity index (χ1v) is 10.9. The lowest BCUT2D eigenvalue weighted by Crippen LogP contribution is -2.28. The number of allylic oxidation sites excluding steroid dienone is 3. The average molecular weight is 390 g/mol. The lowest BCUT2D eigenvalue weighted by Gasteiger charge is -2.29. The van der Waals surface area contributed by atoms with Crippen LogP contribution >= 0.6 is 0 Å². The summed E-state index contributed by atoms with van der Waals surface area (Å²) >= 11 is 0. The molecule has 3 nitrogen and oxygen atoms in total. The van der Waals surface area contributed by atoms with E-state index in [1.54, 1.807) is 0 Å². The summed E-state index contributed by atoms with van der Waals surface area (Å²) in [5.41, 5.74) is 4.76. The molecule has 3 heteroatoms. The highest BCUT2D eigenvalue weighted by Crippen LogP contribution is 2.20. The van der Waals surface area contributed by atoms with Crippen LogP contribution in [0, 0.1) is 11.3 Å². The third-order valence-electron chi connectivity index (χ3n) is 5.18. The molecule has 1 aromatic carbocycles. The summed E-state index contributed by atoms with van der Waals surface area (Å²) in [5, 5.41) is 12.8. The fourth-order valence-corrected chi connectivity index (χ4v) is 3.49. The quantitative estimate of drug-likeness (QED) is 0.290. The molecule has 0 atom stereocenters. The number of nitrogens with one attached hydrogen (secondary N) is 1. The smallest absolute Gasteiger partial charge is 0.101 e. The summed E-state index contributed by atoms with van der Waals surface area (Å²) in [6.07, 6.45) is 15.8. The maximum atomic E-state index is 9.50. The minimum atomic E-state index is 0.590. The van der Waals surface area contributed by atoms with Crippen LogP contribution in [0.15, 0.2) is 60.0 Å². The minimum absolute atomic E-state index is 0.590. The van der Waals surface area contributed by atoms with Crippen LogP contribution in [0.2, 0.25) is 0 Å². The third kappa shape index (κ3) is 7.66. The van der Waals surface area contributed by atoms with Gasteiger partial charge in [0.2, 0.25) is 0 Å². The molecular weight excluding hydrogens is 354 g/mol. The molecule has 1 aliphatic rings. The maximum absolute atomic E-state index is 9.50. The van der Waals surface area contributed by atoms with Crippen molar-refractivity contribution in [3.05, 3.63) is 71.1 Å². The molecule has 2 rings (SSSR count). The lowest BCUT2D eigenvalue weighted by molar-refractivity contribution is 0.295. The first-order chi connectivity index (χ1) is 14.2. The molecule has 0 bridgehead atoms. The number of piperidine rings is 1. The van der Waals surface area contributed by atoms with Gasteiger partial charge in [-0.1, -0.05) is 56.7 Å². The van der Waals surface area contributed by atoms with Gasteiger partial charge in [-0.15, -0.1) is 0 Å². The highest BCUT2D eigenvalue weighted by Gasteiger charge is 2.11. The summed E-state index contributed by atoms with van der Waals surface area (Å²) in [5.74, 6) is 0. The van der Waals surface area contributed by atoms with Crippen molar-refractivity contribution in [2.45, 2.75) is 52.4 Å². The van der Waals surface area contributed by atoms with Crippen LogP contribution in [0.1, 0.15) is 63.5 Å². The number of benzene rings is 1. The Kier molecular flexibility index (Phi) is 9.86. The summed E-state index contributed by atoms with van der Waals surface area (Å²) in [4.78, 5) is 2.47. The Morgan fingerprint density at radius 3 is 2.34 bits per heavy atom. The number of likely N-dealkylation sites (tertiary alicyclic amines) is 1. The molecule has 0 spiro atoms. The Morgan fingerprint density at radius 1 is 1.10 bits per heavy atom. The zero-order valence-corrected chi connectivity index (χ0v) is 18.1. The first-order valence-electron chi connectivity index (χ1n) is 10.9. The van der Waals surface area contributed by atoms with Crippen LogP contribution in [0.3, 0.4) is 0 Å². The van der Waals surface area contributed by atoms with Gasteiger partial charge in [0.25, 0.3) is 0 Å². The van der Waals surface area contributed by atoms with Crippen molar-refractivity contribution in [2.24, 2.45) is 0 Å². The summed E-state index contributed by atoms with van der Waals surface area (Å²) in [6.45, 7) is 11.4. The van der Waals surface area contributed by atoms with Crippen molar-refractivity contribution >= 4 is 12.2 Å². The predicted molar refractivity (Wildman–Crippen MR) is 125 cm³/mol. The summed E-state index contributed by atoms with van der Waals surface area (Å²) in [6, 6.07) is 10.6. The van der Waals surface area contributed by atoms with Gasteiger partial charge in [0.15, 0.2) is 0 Å². The molecule has 1 N–H and O–H groups in total. The largest absolute Gasteiger partial charge is 0.384 e. The molecule has 0 amide bonds. The highest BCUT2D eigenvalue weighted by atomic mass is 15.1. The van der Waals surface area contributed by atoms with Crippen LogP contribution in [0.4, 0.5) is 0 Å². The van der Waals surface area contributed by atoms with Crippen LogP contribution in [0.5, 0.6) is 0 Å². The van der Waals surface area contributed by atoms with Gasteiger partial charge in [0.1, 0.15) is 6.07 Å². The molecule has 0 aromatic heterocycles. The van der Waals surface area contributed by atoms with Gasteiger partial charge < -0.3 is 10.2 Å². The lowest BCUT2D eigenvalue weighted by atomic mass is 10.1. The molecule has 0 saturated carbocycles. The van der Waals surface area contributed by atoms with Gasteiger partial charge in [-0.25, -0.2) is 0 Å². The second-order valence-electron chi connectivity index (χ2n) is 7.57. The SMILES string of the molecule is C=C(NCCCCC)/C(C#N)=C/c1ccc(/C=C(\C=C/C)N2CCCCC2)cc1. The van der Waals surface area contributed by atoms with E-state index in [4.69, 9.17) is 0 Å². The molecule has 1 fully saturated rings. The van der Waals surface area contributed by atoms with Crippen LogP contribution < -0.4 is 5.32 Å². The molecule has 0 aliphatic carbocycles. The van der Waals surface area contributed by atoms with E-state index in [-0.39, 0.29) is 0 Å². The number of rotatable bonds is 10. The van der Waals surface area contributed by atoms with Crippen LogP contribution in [0.25, 0.3) is 12.2 Å². The number of hydrogen-bond donors (Lipinski definition) is 1. The molecule has 1 heterocycles. The second-order valence-corrected chi connectivity index (χ2v) is 7.57. The fraction of sp³-hybridized carbons (Fsp3) is 0.423. The third-order valence-corrected chi connectivity index (χ3v) is 5.18.